The van der Waals surface area contributed by atoms with Crippen LogP contribution in [0.3, 0.4) is 0 Å². The Kier molecular flexibility index (Phi) is 5.05. The lowest BCUT2D eigenvalue weighted by Crippen LogP contribution is -2.60. The topological polar surface area (TPSA) is 108 Å². The van der Waals surface area contributed by atoms with Crippen LogP contribution in [0.4, 0.5) is 5.82 Å². The van der Waals surface area contributed by atoms with Crippen LogP contribution >= 0.6 is 0 Å². The van der Waals surface area contributed by atoms with Gasteiger partial charge in [0.2, 0.25) is 5.91 Å². The van der Waals surface area contributed by atoms with Gasteiger partial charge in [0, 0.05) is 32.9 Å². The first-order valence-corrected chi connectivity index (χ1v) is 6.72. The van der Waals surface area contributed by atoms with Gasteiger partial charge in [-0.2, -0.15) is 0 Å². The van der Waals surface area contributed by atoms with Crippen molar-refractivity contribution in [2.24, 2.45) is 0 Å². The lowest BCUT2D eigenvalue weighted by atomic mass is 9.88. The quantitative estimate of drug-likeness (QED) is 0.609. The lowest BCUT2D eigenvalue weighted by molar-refractivity contribution is -0.128. The lowest BCUT2D eigenvalue weighted by Gasteiger charge is -2.42. The highest BCUT2D eigenvalue weighted by atomic mass is 16.5. The molecule has 2 atom stereocenters. The smallest absolute Gasteiger partial charge is 0.246 e. The fourth-order valence-corrected chi connectivity index (χ4v) is 2.28. The Morgan fingerprint density at radius 3 is 3.10 bits per heavy atom. The van der Waals surface area contributed by atoms with Gasteiger partial charge in [0.05, 0.1) is 0 Å². The minimum Gasteiger partial charge on any atom is -0.388 e. The van der Waals surface area contributed by atoms with Crippen molar-refractivity contribution < 1.29 is 19.7 Å². The number of aromatic nitrogens is 2. The number of hydrogen-bond acceptors (Lipinski definition) is 7. The number of rotatable bonds is 5. The highest BCUT2D eigenvalue weighted by molar-refractivity contribution is 5.77. The summed E-state index contributed by atoms with van der Waals surface area (Å²) in [4.78, 5) is 21.2. The van der Waals surface area contributed by atoms with Crippen molar-refractivity contribution in [3.8, 4) is 0 Å². The van der Waals surface area contributed by atoms with Crippen molar-refractivity contribution in [3.63, 3.8) is 0 Å². The van der Waals surface area contributed by atoms with Crippen LogP contribution in [0, 0.1) is 0 Å². The van der Waals surface area contributed by atoms with Crippen LogP contribution in [0.2, 0.25) is 0 Å². The van der Waals surface area contributed by atoms with Crippen molar-refractivity contribution in [1.29, 1.82) is 0 Å². The first-order chi connectivity index (χ1) is 10.0. The predicted octanol–water partition coefficient (Wildman–Crippen LogP) is -1.46. The van der Waals surface area contributed by atoms with Crippen LogP contribution in [0.1, 0.15) is 6.42 Å². The molecule has 1 saturated heterocycles. The van der Waals surface area contributed by atoms with E-state index in [2.05, 4.69) is 15.3 Å². The second kappa shape index (κ2) is 6.79. The van der Waals surface area contributed by atoms with Gasteiger partial charge in [0.15, 0.2) is 0 Å². The zero-order valence-electron chi connectivity index (χ0n) is 11.9. The van der Waals surface area contributed by atoms with Gasteiger partial charge in [-0.25, -0.2) is 9.97 Å². The van der Waals surface area contributed by atoms with E-state index in [4.69, 9.17) is 4.74 Å². The van der Waals surface area contributed by atoms with Crippen LogP contribution < -0.4 is 10.2 Å². The SMILES string of the molecule is COCC(=O)NC[C@]1(O)CCN(c2ccncn2)C[C@H]1O. The summed E-state index contributed by atoms with van der Waals surface area (Å²) in [5, 5.41) is 23.2. The van der Waals surface area contributed by atoms with Gasteiger partial charge in [-0.1, -0.05) is 0 Å². The zero-order valence-corrected chi connectivity index (χ0v) is 11.9. The first-order valence-electron chi connectivity index (χ1n) is 6.72. The van der Waals surface area contributed by atoms with E-state index in [1.165, 1.54) is 13.4 Å². The molecular formula is C13H20N4O4. The van der Waals surface area contributed by atoms with E-state index in [0.29, 0.717) is 18.8 Å². The maximum absolute atomic E-state index is 11.4. The second-order valence-corrected chi connectivity index (χ2v) is 5.09. The first kappa shape index (κ1) is 15.6. The summed E-state index contributed by atoms with van der Waals surface area (Å²) in [6, 6.07) is 1.75. The van der Waals surface area contributed by atoms with E-state index in [0.717, 1.165) is 0 Å². The number of aliphatic hydroxyl groups is 2. The third-order valence-electron chi connectivity index (χ3n) is 3.59. The third-order valence-corrected chi connectivity index (χ3v) is 3.59. The van der Waals surface area contributed by atoms with Gasteiger partial charge < -0.3 is 25.2 Å². The number of ether oxygens (including phenoxy) is 1. The van der Waals surface area contributed by atoms with Crippen LogP contribution in [0.5, 0.6) is 0 Å². The number of amides is 1. The van der Waals surface area contributed by atoms with E-state index in [9.17, 15) is 15.0 Å². The third kappa shape index (κ3) is 3.87. The Bertz CT molecular complexity index is 472. The largest absolute Gasteiger partial charge is 0.388 e. The number of nitrogens with zero attached hydrogens (tertiary/aromatic N) is 3. The fourth-order valence-electron chi connectivity index (χ4n) is 2.28. The van der Waals surface area contributed by atoms with Crippen LogP contribution in [0.15, 0.2) is 18.6 Å². The number of carbonyl (C=O) groups excluding carboxylic acids is 1. The molecule has 8 heteroatoms. The predicted molar refractivity (Wildman–Crippen MR) is 74.7 cm³/mol. The molecule has 1 aromatic rings. The van der Waals surface area contributed by atoms with Crippen LogP contribution in [0.25, 0.3) is 0 Å². The van der Waals surface area contributed by atoms with Gasteiger partial charge in [0.1, 0.15) is 30.5 Å². The summed E-state index contributed by atoms with van der Waals surface area (Å²) < 4.78 is 4.70. The van der Waals surface area contributed by atoms with Crippen LogP contribution in [-0.2, 0) is 9.53 Å². The van der Waals surface area contributed by atoms with E-state index in [-0.39, 0.29) is 25.6 Å². The van der Waals surface area contributed by atoms with E-state index < -0.39 is 11.7 Å². The van der Waals surface area contributed by atoms with Crippen molar-refractivity contribution in [1.82, 2.24) is 15.3 Å². The maximum Gasteiger partial charge on any atom is 0.246 e. The second-order valence-electron chi connectivity index (χ2n) is 5.09. The van der Waals surface area contributed by atoms with Gasteiger partial charge in [-0.15, -0.1) is 0 Å². The maximum atomic E-state index is 11.4. The van der Waals surface area contributed by atoms with Crippen molar-refractivity contribution in [3.05, 3.63) is 18.6 Å². The van der Waals surface area contributed by atoms with Gasteiger partial charge in [-0.05, 0) is 12.5 Å². The average molecular weight is 296 g/mol. The van der Waals surface area contributed by atoms with E-state index in [1.54, 1.807) is 12.3 Å². The van der Waals surface area contributed by atoms with Gasteiger partial charge >= 0.3 is 0 Å². The number of aliphatic hydroxyl groups excluding tert-OH is 1. The standard InChI is InChI=1S/C13H20N4O4/c1-21-7-12(19)15-8-13(20)3-5-17(6-10(13)18)11-2-4-14-9-16-11/h2,4,9-10,18,20H,3,5-8H2,1H3,(H,15,19)/t10-,13-/m1/s1. The highest BCUT2D eigenvalue weighted by Crippen LogP contribution is 2.25. The monoisotopic (exact) mass is 296 g/mol. The molecule has 0 spiro atoms. The summed E-state index contributed by atoms with van der Waals surface area (Å²) in [5.74, 6) is 0.380. The minimum absolute atomic E-state index is 0.00598. The van der Waals surface area contributed by atoms with Gasteiger partial charge in [0.25, 0.3) is 0 Å². The van der Waals surface area contributed by atoms with Crippen LogP contribution in [-0.4, -0.2) is 71.1 Å². The molecule has 0 saturated carbocycles. The summed E-state index contributed by atoms with van der Waals surface area (Å²) in [5.41, 5.74) is -1.34. The molecule has 0 aliphatic carbocycles. The number of piperidine rings is 1. The molecule has 21 heavy (non-hydrogen) atoms. The molecule has 2 rings (SSSR count). The Morgan fingerprint density at radius 1 is 1.67 bits per heavy atom. The molecule has 0 radical (unpaired) electrons. The number of hydrogen-bond donors (Lipinski definition) is 3. The highest BCUT2D eigenvalue weighted by Gasteiger charge is 2.41. The summed E-state index contributed by atoms with van der Waals surface area (Å²) >= 11 is 0. The molecule has 1 aliphatic heterocycles. The summed E-state index contributed by atoms with van der Waals surface area (Å²) in [6.07, 6.45) is 2.41. The van der Waals surface area contributed by atoms with Crippen molar-refractivity contribution in [2.45, 2.75) is 18.1 Å². The minimum atomic E-state index is -1.34. The molecule has 3 N–H and O–H groups in total. The molecule has 1 amide bonds. The molecule has 0 aromatic carbocycles. The Hall–Kier alpha value is -1.77. The van der Waals surface area contributed by atoms with Gasteiger partial charge in [-0.3, -0.25) is 4.79 Å². The van der Waals surface area contributed by atoms with E-state index in [1.807, 2.05) is 4.90 Å². The molecule has 8 nitrogen and oxygen atoms in total. The molecule has 0 bridgehead atoms. The summed E-state index contributed by atoms with van der Waals surface area (Å²) in [7, 11) is 1.42. The molecule has 2 heterocycles. The number of methoxy groups -OCH3 is 1. The fraction of sp³-hybridized carbons (Fsp3) is 0.615. The normalized spacial score (nSPS) is 25.7. The van der Waals surface area contributed by atoms with Crippen molar-refractivity contribution in [2.75, 3.05) is 38.3 Å². The molecule has 116 valence electrons. The average Bonchev–Trinajstić information content (AvgIpc) is 2.50. The molecule has 0 unspecified atom stereocenters. The number of anilines is 1. The molecule has 1 aliphatic rings. The number of carbonyl (C=O) groups is 1. The Morgan fingerprint density at radius 2 is 2.48 bits per heavy atom. The number of β-amino-alcohol motifs (C(OH)–C–C–N with tert-alkyl or cyclic N) is 1. The number of nitrogens with one attached hydrogen (secondary N) is 1. The Labute approximate surface area is 122 Å². The molecular weight excluding hydrogens is 276 g/mol. The van der Waals surface area contributed by atoms with E-state index >= 15 is 0 Å². The Balaban J connectivity index is 1.92. The molecule has 1 fully saturated rings. The summed E-state index contributed by atoms with van der Waals surface area (Å²) in [6.45, 7) is 0.700. The van der Waals surface area contributed by atoms with Crippen molar-refractivity contribution >= 4 is 11.7 Å². The zero-order chi connectivity index (χ0) is 15.3. The molecule has 1 aromatic heterocycles.